The Bertz CT molecular complexity index is 1900. The molecule has 0 spiro atoms. The molecule has 1 aromatic heterocycles. The van der Waals surface area contributed by atoms with Crippen LogP contribution in [0, 0.1) is 0 Å². The van der Waals surface area contributed by atoms with E-state index in [1.807, 2.05) is 0 Å². The van der Waals surface area contributed by atoms with Crippen molar-refractivity contribution in [3.8, 4) is 0 Å². The largest absolute Gasteiger partial charge is 0.463 e. The highest BCUT2D eigenvalue weighted by Crippen LogP contribution is 2.35. The number of benzene rings is 1. The van der Waals surface area contributed by atoms with Crippen LogP contribution in [-0.2, 0) is 90.8 Å². The number of para-hydroxylation sites is 1. The summed E-state index contributed by atoms with van der Waals surface area (Å²) in [6.07, 6.45) is -15.6. The van der Waals surface area contributed by atoms with Crippen LogP contribution in [0.15, 0.2) is 28.6 Å². The minimum atomic E-state index is -4.08. The molecule has 0 aliphatic carbocycles. The molecule has 3 heterocycles. The second-order valence-electron chi connectivity index (χ2n) is 12.9. The van der Waals surface area contributed by atoms with E-state index in [9.17, 15) is 42.0 Å². The van der Waals surface area contributed by atoms with Crippen LogP contribution in [0.5, 0.6) is 0 Å². The minimum absolute atomic E-state index is 0.179. The Morgan fingerprint density at radius 3 is 1.56 bits per heavy atom. The third-order valence-electron chi connectivity index (χ3n) is 8.22. The van der Waals surface area contributed by atoms with E-state index in [0.29, 0.717) is 10.2 Å². The average Bonchev–Trinajstić information content (AvgIpc) is 3.55. The zero-order chi connectivity index (χ0) is 42.2. The van der Waals surface area contributed by atoms with Crippen LogP contribution < -0.4 is 0 Å². The summed E-state index contributed by atoms with van der Waals surface area (Å²) < 4.78 is 83.8. The smallest absolute Gasteiger partial charge is 0.303 e. The maximum Gasteiger partial charge on any atom is 0.303 e. The summed E-state index contributed by atoms with van der Waals surface area (Å²) in [5, 5.41) is 0. The number of thiazole rings is 1. The summed E-state index contributed by atoms with van der Waals surface area (Å²) in [6, 6.07) is 6.80. The molecule has 22 heteroatoms. The molecule has 0 saturated carbocycles. The Labute approximate surface area is 330 Å². The van der Waals surface area contributed by atoms with Crippen LogP contribution in [0.25, 0.3) is 10.2 Å². The van der Waals surface area contributed by atoms with Gasteiger partial charge in [-0.25, -0.2) is 13.4 Å². The predicted molar refractivity (Wildman–Crippen MR) is 190 cm³/mol. The molecule has 10 atom stereocenters. The molecular weight excluding hydrogens is 803 g/mol. The Morgan fingerprint density at radius 1 is 0.596 bits per heavy atom. The number of aromatic nitrogens is 1. The summed E-state index contributed by atoms with van der Waals surface area (Å²) >= 11 is 0.951. The summed E-state index contributed by atoms with van der Waals surface area (Å²) in [6.45, 7) is 6.13. The van der Waals surface area contributed by atoms with Gasteiger partial charge < -0.3 is 47.4 Å². The van der Waals surface area contributed by atoms with Gasteiger partial charge in [0.05, 0.1) is 28.7 Å². The lowest BCUT2D eigenvalue weighted by Gasteiger charge is -2.46. The molecular formula is C35H43NO19S2. The molecule has 0 unspecified atom stereocenters. The van der Waals surface area contributed by atoms with Gasteiger partial charge in [0.15, 0.2) is 42.9 Å². The van der Waals surface area contributed by atoms with Crippen molar-refractivity contribution in [3.63, 3.8) is 0 Å². The second kappa shape index (κ2) is 19.6. The van der Waals surface area contributed by atoms with E-state index in [0.717, 1.165) is 59.8 Å². The lowest BCUT2D eigenvalue weighted by atomic mass is 9.93. The van der Waals surface area contributed by atoms with Gasteiger partial charge in [-0.15, -0.1) is 11.3 Å². The first kappa shape index (κ1) is 44.9. The van der Waals surface area contributed by atoms with Crippen LogP contribution in [0.3, 0.4) is 0 Å². The monoisotopic (exact) mass is 845 g/mol. The number of carbonyl (C=O) groups is 7. The SMILES string of the molecule is CC(=O)OC[C@H]1O[C@H](OC[C@H]2O[C@H](CCS(=O)(=O)c3nc4ccccc4s3)[C@H](OC(C)=O)[C@@H](OC(C)=O)[C@H]2OC(C)=O)[C@H](OC(C)=O)[C@@H](OC(C)=O)[C@@H]1OC(C)=O. The van der Waals surface area contributed by atoms with E-state index in [4.69, 9.17) is 47.4 Å². The molecule has 0 amide bonds. The standard InChI is InChI=1S/C35H43NO19S2/c1-16(37)46-14-26-30(50-19(4)40)32(52-21(6)42)33(53-22(7)43)34(55-26)47-15-25-29(49-18(3)39)31(51-20(5)41)28(48-17(2)38)24(54-25)12-13-57(44,45)35-36-23-10-8-9-11-27(23)56-35/h8-11,24-26,28-34H,12-15H2,1-7H3/t24-,25-,26-,28+,29+,30-,31-,32+,33-,34+/m1/s1. The van der Waals surface area contributed by atoms with E-state index in [2.05, 4.69) is 4.98 Å². The number of esters is 7. The van der Waals surface area contributed by atoms with Gasteiger partial charge in [-0.05, 0) is 18.6 Å². The topological polar surface area (TPSA) is 259 Å². The van der Waals surface area contributed by atoms with Crippen molar-refractivity contribution in [1.29, 1.82) is 0 Å². The first-order chi connectivity index (χ1) is 26.7. The summed E-state index contributed by atoms with van der Waals surface area (Å²) in [7, 11) is -4.08. The third-order valence-corrected chi connectivity index (χ3v) is 11.5. The number of fused-ring (bicyclic) bond motifs is 1. The second-order valence-corrected chi connectivity index (χ2v) is 16.2. The fourth-order valence-electron chi connectivity index (χ4n) is 6.21. The molecule has 2 fully saturated rings. The quantitative estimate of drug-likeness (QED) is 0.180. The van der Waals surface area contributed by atoms with Gasteiger partial charge in [-0.3, -0.25) is 33.6 Å². The zero-order valence-corrected chi connectivity index (χ0v) is 33.6. The Morgan fingerprint density at radius 2 is 1.05 bits per heavy atom. The van der Waals surface area contributed by atoms with Gasteiger partial charge in [0.25, 0.3) is 0 Å². The van der Waals surface area contributed by atoms with Gasteiger partial charge in [0.2, 0.25) is 14.2 Å². The lowest BCUT2D eigenvalue weighted by molar-refractivity contribution is -0.319. The first-order valence-corrected chi connectivity index (χ1v) is 19.9. The zero-order valence-electron chi connectivity index (χ0n) is 31.9. The van der Waals surface area contributed by atoms with E-state index < -0.39 is 132 Å². The van der Waals surface area contributed by atoms with E-state index in [1.165, 1.54) is 0 Å². The maximum absolute atomic E-state index is 13.6. The highest BCUT2D eigenvalue weighted by Gasteiger charge is 2.55. The van der Waals surface area contributed by atoms with Crippen LogP contribution in [0.2, 0.25) is 0 Å². The number of hydrogen-bond donors (Lipinski definition) is 0. The number of sulfone groups is 1. The molecule has 2 saturated heterocycles. The summed E-state index contributed by atoms with van der Waals surface area (Å²) in [4.78, 5) is 90.0. The van der Waals surface area contributed by atoms with E-state index >= 15 is 0 Å². The normalized spacial score (nSPS) is 27.4. The molecule has 2 aliphatic rings. The highest BCUT2D eigenvalue weighted by molar-refractivity contribution is 7.93. The summed E-state index contributed by atoms with van der Waals surface area (Å²) in [5.41, 5.74) is 0.464. The maximum atomic E-state index is 13.6. The van der Waals surface area contributed by atoms with Gasteiger partial charge in [-0.2, -0.15) is 0 Å². The fraction of sp³-hybridized carbons (Fsp3) is 0.600. The molecule has 0 N–H and O–H groups in total. The third kappa shape index (κ3) is 12.4. The van der Waals surface area contributed by atoms with Crippen molar-refractivity contribution >= 4 is 73.2 Å². The van der Waals surface area contributed by atoms with Crippen molar-refractivity contribution in [1.82, 2.24) is 4.98 Å². The molecule has 2 aliphatic heterocycles. The predicted octanol–water partition coefficient (Wildman–Crippen LogP) is 1.12. The number of ether oxygens (including phenoxy) is 10. The molecule has 57 heavy (non-hydrogen) atoms. The Hall–Kier alpha value is -4.77. The molecule has 0 radical (unpaired) electrons. The Balaban J connectivity index is 1.72. The number of hydrogen-bond acceptors (Lipinski definition) is 21. The van der Waals surface area contributed by atoms with Gasteiger partial charge >= 0.3 is 41.8 Å². The van der Waals surface area contributed by atoms with Gasteiger partial charge in [0, 0.05) is 48.5 Å². The molecule has 1 aromatic carbocycles. The molecule has 4 rings (SSSR count). The summed E-state index contributed by atoms with van der Waals surface area (Å²) in [5.74, 6) is -6.65. The Kier molecular flexibility index (Phi) is 15.4. The van der Waals surface area contributed by atoms with E-state index in [1.54, 1.807) is 24.3 Å². The van der Waals surface area contributed by atoms with Crippen LogP contribution >= 0.6 is 11.3 Å². The van der Waals surface area contributed by atoms with Crippen molar-refractivity contribution in [2.24, 2.45) is 0 Å². The lowest BCUT2D eigenvalue weighted by Crippen LogP contribution is -2.64. The van der Waals surface area contributed by atoms with Gasteiger partial charge in [-0.1, -0.05) is 12.1 Å². The highest BCUT2D eigenvalue weighted by atomic mass is 32.2. The molecule has 20 nitrogen and oxygen atoms in total. The van der Waals surface area contributed by atoms with Crippen molar-refractivity contribution < 1.29 is 89.3 Å². The molecule has 314 valence electrons. The van der Waals surface area contributed by atoms with Crippen molar-refractivity contribution in [2.45, 2.75) is 120 Å². The first-order valence-electron chi connectivity index (χ1n) is 17.4. The van der Waals surface area contributed by atoms with E-state index in [-0.39, 0.29) is 10.8 Å². The van der Waals surface area contributed by atoms with Crippen molar-refractivity contribution in [3.05, 3.63) is 24.3 Å². The number of nitrogens with zero attached hydrogens (tertiary/aromatic N) is 1. The number of carbonyl (C=O) groups excluding carboxylic acids is 7. The molecule has 2 aromatic rings. The van der Waals surface area contributed by atoms with Crippen molar-refractivity contribution in [2.75, 3.05) is 19.0 Å². The van der Waals surface area contributed by atoms with Crippen LogP contribution in [0.1, 0.15) is 54.9 Å². The number of rotatable bonds is 15. The van der Waals surface area contributed by atoms with Gasteiger partial charge in [0.1, 0.15) is 18.8 Å². The van der Waals surface area contributed by atoms with Crippen LogP contribution in [0.4, 0.5) is 0 Å². The fourth-order valence-corrected chi connectivity index (χ4v) is 8.88. The minimum Gasteiger partial charge on any atom is -0.463 e. The average molecular weight is 846 g/mol. The molecule has 0 bridgehead atoms. The van der Waals surface area contributed by atoms with Crippen LogP contribution in [-0.4, -0.2) is 135 Å².